The Hall–Kier alpha value is -2.00. The van der Waals surface area contributed by atoms with Crippen LogP contribution in [0, 0.1) is 13.8 Å². The molecule has 120 valence electrons. The van der Waals surface area contributed by atoms with Crippen LogP contribution in [0.25, 0.3) is 10.9 Å². The van der Waals surface area contributed by atoms with Crippen LogP contribution in [0.15, 0.2) is 30.5 Å². The van der Waals surface area contributed by atoms with Crippen molar-refractivity contribution in [2.75, 3.05) is 0 Å². The van der Waals surface area contributed by atoms with Gasteiger partial charge in [-0.15, -0.1) is 0 Å². The first kappa shape index (κ1) is 15.9. The lowest BCUT2D eigenvalue weighted by molar-refractivity contribution is 0.303. The summed E-state index contributed by atoms with van der Waals surface area (Å²) in [5.74, 6) is 0.794. The van der Waals surface area contributed by atoms with Crippen LogP contribution in [-0.2, 0) is 13.0 Å². The second kappa shape index (κ2) is 6.63. The number of aromatic nitrogens is 2. The van der Waals surface area contributed by atoms with Crippen molar-refractivity contribution in [1.82, 2.24) is 9.97 Å². The van der Waals surface area contributed by atoms with E-state index in [2.05, 4.69) is 30.7 Å². The molecule has 0 aliphatic heterocycles. The van der Waals surface area contributed by atoms with E-state index in [9.17, 15) is 0 Å². The summed E-state index contributed by atoms with van der Waals surface area (Å²) in [4.78, 5) is 8.11. The highest BCUT2D eigenvalue weighted by Crippen LogP contribution is 2.28. The molecule has 0 aliphatic carbocycles. The number of nitrogens with zero attached hydrogens (tertiary/aromatic N) is 1. The van der Waals surface area contributed by atoms with Crippen LogP contribution in [0.2, 0.25) is 5.02 Å². The van der Waals surface area contributed by atoms with Gasteiger partial charge in [0.25, 0.3) is 0 Å². The first-order chi connectivity index (χ1) is 11.1. The largest absolute Gasteiger partial charge is 0.487 e. The molecule has 2 aromatic heterocycles. The van der Waals surface area contributed by atoms with Crippen LogP contribution in [0.3, 0.4) is 0 Å². The molecule has 1 N–H and O–H groups in total. The molecular weight excluding hydrogens is 308 g/mol. The van der Waals surface area contributed by atoms with Crippen molar-refractivity contribution in [3.63, 3.8) is 0 Å². The number of benzene rings is 1. The number of pyridine rings is 1. The van der Waals surface area contributed by atoms with Crippen LogP contribution in [0.1, 0.15) is 35.9 Å². The predicted octanol–water partition coefficient (Wildman–Crippen LogP) is 5.36. The van der Waals surface area contributed by atoms with Crippen molar-refractivity contribution in [1.29, 1.82) is 0 Å². The van der Waals surface area contributed by atoms with Crippen LogP contribution in [-0.4, -0.2) is 9.97 Å². The summed E-state index contributed by atoms with van der Waals surface area (Å²) in [6.07, 6.45) is 4.15. The zero-order valence-electron chi connectivity index (χ0n) is 13.7. The van der Waals surface area contributed by atoms with Gasteiger partial charge >= 0.3 is 0 Å². The third-order valence-corrected chi connectivity index (χ3v) is 4.45. The fraction of sp³-hybridized carbons (Fsp3) is 0.316. The molecule has 0 amide bonds. The lowest BCUT2D eigenvalue weighted by Crippen LogP contribution is -2.01. The van der Waals surface area contributed by atoms with E-state index >= 15 is 0 Å². The van der Waals surface area contributed by atoms with E-state index in [1.807, 2.05) is 30.5 Å². The summed E-state index contributed by atoms with van der Waals surface area (Å²) < 4.78 is 5.86. The van der Waals surface area contributed by atoms with Crippen molar-refractivity contribution in [3.8, 4) is 5.75 Å². The Labute approximate surface area is 141 Å². The molecule has 0 saturated heterocycles. The number of rotatable bonds is 5. The Morgan fingerprint density at radius 1 is 1.17 bits per heavy atom. The normalized spacial score (nSPS) is 11.1. The molecule has 4 heteroatoms. The third-order valence-electron chi connectivity index (χ3n) is 4.19. The molecule has 0 aliphatic rings. The minimum atomic E-state index is 0.434. The van der Waals surface area contributed by atoms with Gasteiger partial charge in [0.2, 0.25) is 0 Å². The summed E-state index contributed by atoms with van der Waals surface area (Å²) in [5, 5.41) is 2.01. The maximum absolute atomic E-state index is 5.90. The fourth-order valence-electron chi connectivity index (χ4n) is 2.87. The highest BCUT2D eigenvalue weighted by atomic mass is 35.5. The van der Waals surface area contributed by atoms with Gasteiger partial charge in [0.05, 0.1) is 5.52 Å². The monoisotopic (exact) mass is 328 g/mol. The first-order valence-corrected chi connectivity index (χ1v) is 8.32. The molecule has 0 spiro atoms. The number of ether oxygens (including phenoxy) is 1. The van der Waals surface area contributed by atoms with Crippen molar-refractivity contribution in [2.45, 2.75) is 40.2 Å². The topological polar surface area (TPSA) is 37.9 Å². The van der Waals surface area contributed by atoms with Gasteiger partial charge in [0, 0.05) is 22.3 Å². The lowest BCUT2D eigenvalue weighted by Gasteiger charge is -2.09. The van der Waals surface area contributed by atoms with Crippen molar-refractivity contribution in [3.05, 3.63) is 58.0 Å². The predicted molar refractivity (Wildman–Crippen MR) is 95.3 cm³/mol. The van der Waals surface area contributed by atoms with E-state index in [4.69, 9.17) is 16.3 Å². The van der Waals surface area contributed by atoms with Gasteiger partial charge in [-0.1, -0.05) is 24.9 Å². The molecule has 0 fully saturated rings. The van der Waals surface area contributed by atoms with Crippen LogP contribution in [0.5, 0.6) is 5.75 Å². The SMILES string of the molecule is CCCc1cnc(COc2ccc(Cl)cc2)c2[nH]c(C)c(C)c12. The van der Waals surface area contributed by atoms with Crippen molar-refractivity contribution < 1.29 is 4.74 Å². The second-order valence-corrected chi connectivity index (χ2v) is 6.28. The standard InChI is InChI=1S/C19H21ClN2O/c1-4-5-14-10-21-17(19-18(14)12(2)13(3)22-19)11-23-16-8-6-15(20)7-9-16/h6-10,22H,4-5,11H2,1-3H3. The second-order valence-electron chi connectivity index (χ2n) is 5.85. The van der Waals surface area contributed by atoms with E-state index in [1.54, 1.807) is 0 Å². The molecule has 3 nitrogen and oxygen atoms in total. The summed E-state index contributed by atoms with van der Waals surface area (Å²) in [6, 6.07) is 7.40. The number of fused-ring (bicyclic) bond motifs is 1. The van der Waals surface area contributed by atoms with Gasteiger partial charge in [-0.05, 0) is 55.7 Å². The number of hydrogen-bond acceptors (Lipinski definition) is 2. The number of nitrogens with one attached hydrogen (secondary N) is 1. The highest BCUT2D eigenvalue weighted by molar-refractivity contribution is 6.30. The number of aromatic amines is 1. The van der Waals surface area contributed by atoms with Gasteiger partial charge < -0.3 is 9.72 Å². The average Bonchev–Trinajstić information content (AvgIpc) is 2.84. The van der Waals surface area contributed by atoms with E-state index in [-0.39, 0.29) is 0 Å². The Morgan fingerprint density at radius 2 is 1.91 bits per heavy atom. The van der Waals surface area contributed by atoms with E-state index in [1.165, 1.54) is 22.2 Å². The quantitative estimate of drug-likeness (QED) is 0.684. The summed E-state index contributed by atoms with van der Waals surface area (Å²) in [7, 11) is 0. The molecular formula is C19H21ClN2O. The molecule has 2 heterocycles. The zero-order chi connectivity index (χ0) is 16.4. The number of halogens is 1. The Bertz CT molecular complexity index is 821. The fourth-order valence-corrected chi connectivity index (χ4v) is 3.00. The maximum atomic E-state index is 5.90. The Balaban J connectivity index is 1.93. The molecule has 1 aromatic carbocycles. The molecule has 0 radical (unpaired) electrons. The molecule has 0 unspecified atom stereocenters. The first-order valence-electron chi connectivity index (χ1n) is 7.94. The Morgan fingerprint density at radius 3 is 2.61 bits per heavy atom. The number of aryl methyl sites for hydroxylation is 3. The third kappa shape index (κ3) is 3.20. The van der Waals surface area contributed by atoms with E-state index < -0.39 is 0 Å². The summed E-state index contributed by atoms with van der Waals surface area (Å²) >= 11 is 5.90. The number of H-pyrrole nitrogens is 1. The molecule has 0 atom stereocenters. The maximum Gasteiger partial charge on any atom is 0.132 e. The van der Waals surface area contributed by atoms with Gasteiger partial charge in [-0.25, -0.2) is 0 Å². The molecule has 0 bridgehead atoms. The summed E-state index contributed by atoms with van der Waals surface area (Å²) in [5.41, 5.74) is 5.84. The molecule has 23 heavy (non-hydrogen) atoms. The minimum absolute atomic E-state index is 0.434. The van der Waals surface area contributed by atoms with Gasteiger partial charge in [0.1, 0.15) is 18.1 Å². The smallest absolute Gasteiger partial charge is 0.132 e. The number of hydrogen-bond donors (Lipinski definition) is 1. The van der Waals surface area contributed by atoms with Crippen LogP contribution >= 0.6 is 11.6 Å². The molecule has 3 aromatic rings. The average molecular weight is 329 g/mol. The van der Waals surface area contributed by atoms with E-state index in [0.29, 0.717) is 11.6 Å². The highest BCUT2D eigenvalue weighted by Gasteiger charge is 2.14. The van der Waals surface area contributed by atoms with Gasteiger partial charge in [-0.2, -0.15) is 0 Å². The summed E-state index contributed by atoms with van der Waals surface area (Å²) in [6.45, 7) is 6.90. The Kier molecular flexibility index (Phi) is 4.58. The van der Waals surface area contributed by atoms with E-state index in [0.717, 1.165) is 29.8 Å². The minimum Gasteiger partial charge on any atom is -0.487 e. The van der Waals surface area contributed by atoms with Gasteiger partial charge in [-0.3, -0.25) is 4.98 Å². The van der Waals surface area contributed by atoms with Gasteiger partial charge in [0.15, 0.2) is 0 Å². The van der Waals surface area contributed by atoms with Crippen LogP contribution < -0.4 is 4.74 Å². The van der Waals surface area contributed by atoms with Crippen molar-refractivity contribution >= 4 is 22.5 Å². The molecule has 0 saturated carbocycles. The van der Waals surface area contributed by atoms with Crippen molar-refractivity contribution in [2.24, 2.45) is 0 Å². The lowest BCUT2D eigenvalue weighted by atomic mass is 10.0. The van der Waals surface area contributed by atoms with Crippen LogP contribution in [0.4, 0.5) is 0 Å². The zero-order valence-corrected chi connectivity index (χ0v) is 14.5. The molecule has 3 rings (SSSR count).